The molecule has 0 aromatic heterocycles. The summed E-state index contributed by atoms with van der Waals surface area (Å²) in [6, 6.07) is 11.5. The summed E-state index contributed by atoms with van der Waals surface area (Å²) in [4.78, 5) is 14.7. The molecule has 0 bridgehead atoms. The van der Waals surface area contributed by atoms with Gasteiger partial charge in [-0.3, -0.25) is 4.79 Å². The molecule has 0 aliphatic carbocycles. The molecular weight excluding hydrogens is 468 g/mol. The third-order valence-electron chi connectivity index (χ3n) is 6.27. The summed E-state index contributed by atoms with van der Waals surface area (Å²) < 4.78 is 7.31. The molecule has 4 rings (SSSR count). The highest BCUT2D eigenvalue weighted by atomic mass is 79.9. The number of aromatic hydroxyl groups is 1. The first-order valence-electron chi connectivity index (χ1n) is 10.2. The van der Waals surface area contributed by atoms with Crippen molar-refractivity contribution in [1.82, 2.24) is 4.90 Å². The van der Waals surface area contributed by atoms with Crippen LogP contribution in [0.15, 0.2) is 40.9 Å². The average molecular weight is 496 g/mol. The number of nitrogens with zero attached hydrogens (tertiary/aromatic N) is 1. The van der Waals surface area contributed by atoms with Crippen molar-refractivity contribution in [2.45, 2.75) is 38.4 Å². The van der Waals surface area contributed by atoms with E-state index in [2.05, 4.69) is 15.9 Å². The molecule has 3 N–H and O–H groups in total. The molecule has 0 radical (unpaired) electrons. The van der Waals surface area contributed by atoms with Crippen molar-refractivity contribution in [2.75, 3.05) is 19.6 Å². The average Bonchev–Trinajstić information content (AvgIpc) is 2.76. The van der Waals surface area contributed by atoms with E-state index in [1.165, 1.54) is 0 Å². The molecular formula is C23H28BrClN2O3. The number of hydrogen-bond donors (Lipinski definition) is 2. The Bertz CT molecular complexity index is 898. The van der Waals surface area contributed by atoms with Gasteiger partial charge in [-0.1, -0.05) is 28.1 Å². The zero-order valence-electron chi connectivity index (χ0n) is 17.0. The van der Waals surface area contributed by atoms with Crippen molar-refractivity contribution in [1.29, 1.82) is 0 Å². The number of aryl methyl sites for hydroxylation is 1. The molecule has 2 atom stereocenters. The molecule has 0 spiro atoms. The van der Waals surface area contributed by atoms with E-state index in [9.17, 15) is 9.90 Å². The smallest absolute Gasteiger partial charge is 0.253 e. The summed E-state index contributed by atoms with van der Waals surface area (Å²) in [5, 5.41) is 10.6. The third kappa shape index (κ3) is 4.52. The zero-order valence-corrected chi connectivity index (χ0v) is 19.4. The maximum atomic E-state index is 12.8. The molecule has 2 heterocycles. The number of rotatable bonds is 3. The zero-order chi connectivity index (χ0) is 20.5. The molecule has 0 unspecified atom stereocenters. The summed E-state index contributed by atoms with van der Waals surface area (Å²) in [5.74, 6) is 0.808. The second-order valence-electron chi connectivity index (χ2n) is 8.04. The number of fused-ring (bicyclic) bond motifs is 1. The number of hydrogen-bond acceptors (Lipinski definition) is 4. The van der Waals surface area contributed by atoms with Gasteiger partial charge in [-0.25, -0.2) is 0 Å². The van der Waals surface area contributed by atoms with Crippen molar-refractivity contribution in [3.63, 3.8) is 0 Å². The number of piperidine rings is 1. The lowest BCUT2D eigenvalue weighted by atomic mass is 9.83. The number of amides is 1. The van der Waals surface area contributed by atoms with Gasteiger partial charge in [-0.2, -0.15) is 0 Å². The minimum atomic E-state index is -0.183. The number of benzene rings is 2. The summed E-state index contributed by atoms with van der Waals surface area (Å²) in [6.45, 7) is 3.76. The highest BCUT2D eigenvalue weighted by Gasteiger charge is 2.36. The molecule has 162 valence electrons. The number of likely N-dealkylation sites (tertiary alicyclic amines) is 1. The first-order chi connectivity index (χ1) is 14.0. The second-order valence-corrected chi connectivity index (χ2v) is 8.95. The highest BCUT2D eigenvalue weighted by molar-refractivity contribution is 9.10. The Morgan fingerprint density at radius 2 is 1.87 bits per heavy atom. The highest BCUT2D eigenvalue weighted by Crippen LogP contribution is 2.40. The van der Waals surface area contributed by atoms with Crippen LogP contribution in [0.25, 0.3) is 0 Å². The van der Waals surface area contributed by atoms with Crippen LogP contribution in [0, 0.1) is 12.8 Å². The quantitative estimate of drug-likeness (QED) is 0.663. The van der Waals surface area contributed by atoms with E-state index in [-0.39, 0.29) is 30.5 Å². The van der Waals surface area contributed by atoms with Crippen LogP contribution in [0.2, 0.25) is 0 Å². The monoisotopic (exact) mass is 494 g/mol. The van der Waals surface area contributed by atoms with Gasteiger partial charge in [0.1, 0.15) is 5.75 Å². The number of phenols is 1. The Balaban J connectivity index is 0.00000256. The molecule has 2 aliphatic rings. The van der Waals surface area contributed by atoms with Crippen LogP contribution >= 0.6 is 28.3 Å². The van der Waals surface area contributed by atoms with Crippen molar-refractivity contribution in [2.24, 2.45) is 11.7 Å². The lowest BCUT2D eigenvalue weighted by molar-refractivity contribution is -0.0632. The normalized spacial score (nSPS) is 21.6. The van der Waals surface area contributed by atoms with E-state index >= 15 is 0 Å². The standard InChI is InChI=1S/C23H27BrN2O3.ClH/c1-14-2-7-18-19(22(14)27)12-20(29-21(18)13-25)15-8-10-26(11-9-15)23(28)16-3-5-17(24)6-4-16;/h2-7,15,20-21,27H,8-13,25H2,1H3;1H/t20-,21-;/m0./s1. The van der Waals surface area contributed by atoms with E-state index < -0.39 is 0 Å². The van der Waals surface area contributed by atoms with Gasteiger partial charge in [0, 0.05) is 41.7 Å². The largest absolute Gasteiger partial charge is 0.507 e. The van der Waals surface area contributed by atoms with Gasteiger partial charge >= 0.3 is 0 Å². The minimum Gasteiger partial charge on any atom is -0.507 e. The molecule has 0 saturated carbocycles. The van der Waals surface area contributed by atoms with Crippen LogP contribution in [-0.2, 0) is 11.2 Å². The molecule has 30 heavy (non-hydrogen) atoms. The van der Waals surface area contributed by atoms with E-state index in [4.69, 9.17) is 10.5 Å². The van der Waals surface area contributed by atoms with E-state index in [0.717, 1.165) is 52.7 Å². The Kier molecular flexibility index (Phi) is 7.45. The number of nitrogens with two attached hydrogens (primary N) is 1. The molecule has 1 saturated heterocycles. The fourth-order valence-corrected chi connectivity index (χ4v) is 4.79. The lowest BCUT2D eigenvalue weighted by Crippen LogP contribution is -2.44. The first kappa shape index (κ1) is 23.1. The Hall–Kier alpha value is -1.60. The molecule has 5 nitrogen and oxygen atoms in total. The van der Waals surface area contributed by atoms with E-state index in [1.54, 1.807) is 0 Å². The minimum absolute atomic E-state index is 0. The molecule has 2 aromatic carbocycles. The SMILES string of the molecule is Cc1ccc2c(c1O)C[C@@H](C1CCN(C(=O)c3ccc(Br)cc3)CC1)O[C@H]2CN.Cl. The maximum absolute atomic E-state index is 12.8. The molecule has 2 aliphatic heterocycles. The topological polar surface area (TPSA) is 75.8 Å². The van der Waals surface area contributed by atoms with Crippen molar-refractivity contribution in [3.8, 4) is 5.75 Å². The predicted molar refractivity (Wildman–Crippen MR) is 123 cm³/mol. The van der Waals surface area contributed by atoms with Crippen molar-refractivity contribution >= 4 is 34.2 Å². The van der Waals surface area contributed by atoms with Crippen LogP contribution in [-0.4, -0.2) is 41.7 Å². The van der Waals surface area contributed by atoms with Gasteiger partial charge in [0.25, 0.3) is 5.91 Å². The van der Waals surface area contributed by atoms with Crippen molar-refractivity contribution < 1.29 is 14.6 Å². The summed E-state index contributed by atoms with van der Waals surface area (Å²) in [7, 11) is 0. The number of halogens is 2. The number of carbonyl (C=O) groups is 1. The van der Waals surface area contributed by atoms with Crippen LogP contribution in [0.1, 0.15) is 46.0 Å². The van der Waals surface area contributed by atoms with E-state index in [0.29, 0.717) is 24.6 Å². The number of ether oxygens (including phenoxy) is 1. The van der Waals surface area contributed by atoms with Crippen molar-refractivity contribution in [3.05, 3.63) is 63.1 Å². The molecule has 7 heteroatoms. The Labute approximate surface area is 192 Å². The lowest BCUT2D eigenvalue weighted by Gasteiger charge is -2.40. The second kappa shape index (κ2) is 9.69. The molecule has 1 fully saturated rings. The summed E-state index contributed by atoms with van der Waals surface area (Å²) >= 11 is 3.41. The van der Waals surface area contributed by atoms with Gasteiger partial charge in [0.2, 0.25) is 0 Å². The summed E-state index contributed by atoms with van der Waals surface area (Å²) in [6.07, 6.45) is 2.33. The van der Waals surface area contributed by atoms with Crippen LogP contribution in [0.5, 0.6) is 5.75 Å². The fraction of sp³-hybridized carbons (Fsp3) is 0.435. The van der Waals surface area contributed by atoms with Gasteiger partial charge in [-0.15, -0.1) is 12.4 Å². The Morgan fingerprint density at radius 3 is 2.50 bits per heavy atom. The maximum Gasteiger partial charge on any atom is 0.253 e. The number of carbonyl (C=O) groups excluding carboxylic acids is 1. The first-order valence-corrected chi connectivity index (χ1v) is 11.0. The van der Waals surface area contributed by atoms with Gasteiger partial charge in [-0.05, 0) is 61.1 Å². The van der Waals surface area contributed by atoms with Crippen LogP contribution in [0.4, 0.5) is 0 Å². The van der Waals surface area contributed by atoms with Gasteiger partial charge in [0.15, 0.2) is 0 Å². The van der Waals surface area contributed by atoms with Gasteiger partial charge in [0.05, 0.1) is 12.2 Å². The molecule has 1 amide bonds. The van der Waals surface area contributed by atoms with Crippen LogP contribution in [0.3, 0.4) is 0 Å². The molecule has 2 aromatic rings. The Morgan fingerprint density at radius 1 is 1.20 bits per heavy atom. The third-order valence-corrected chi connectivity index (χ3v) is 6.80. The number of phenolic OH excluding ortho intramolecular Hbond substituents is 1. The van der Waals surface area contributed by atoms with Crippen LogP contribution < -0.4 is 5.73 Å². The summed E-state index contributed by atoms with van der Waals surface area (Å²) in [5.41, 5.74) is 9.56. The van der Waals surface area contributed by atoms with E-state index in [1.807, 2.05) is 48.2 Å². The fourth-order valence-electron chi connectivity index (χ4n) is 4.53. The van der Waals surface area contributed by atoms with Gasteiger partial charge < -0.3 is 20.5 Å². The predicted octanol–water partition coefficient (Wildman–Crippen LogP) is 4.38.